The number of carbonyl (C=O) groups excluding carboxylic acids is 2. The quantitative estimate of drug-likeness (QED) is 0.185. The number of carbonyl (C=O) groups is 2. The van der Waals surface area contributed by atoms with Gasteiger partial charge in [0, 0.05) is 12.3 Å². The number of esters is 1. The molecule has 0 heterocycles. The normalized spacial score (nSPS) is 20.8. The van der Waals surface area contributed by atoms with E-state index in [9.17, 15) is 18.0 Å². The highest BCUT2D eigenvalue weighted by atomic mass is 32.2. The van der Waals surface area contributed by atoms with Crippen molar-refractivity contribution in [2.45, 2.75) is 70.8 Å². The van der Waals surface area contributed by atoms with E-state index in [2.05, 4.69) is 17.7 Å². The van der Waals surface area contributed by atoms with Crippen molar-refractivity contribution in [3.05, 3.63) is 24.3 Å². The zero-order chi connectivity index (χ0) is 21.0. The molecule has 0 aromatic rings. The van der Waals surface area contributed by atoms with E-state index in [1.54, 1.807) is 0 Å². The summed E-state index contributed by atoms with van der Waals surface area (Å²) in [6, 6.07) is 0. The second-order valence-corrected chi connectivity index (χ2v) is 8.90. The summed E-state index contributed by atoms with van der Waals surface area (Å²) in [6.45, 7) is 2.15. The predicted molar refractivity (Wildman–Crippen MR) is 109 cm³/mol. The Balaban J connectivity index is 2.69. The number of ketones is 1. The van der Waals surface area contributed by atoms with E-state index in [1.165, 1.54) is 19.6 Å². The molecule has 0 unspecified atom stereocenters. The molecule has 0 aromatic carbocycles. The van der Waals surface area contributed by atoms with Gasteiger partial charge in [-0.15, -0.1) is 0 Å². The molecule has 0 amide bonds. The molecule has 1 aliphatic carbocycles. The molecule has 3 atom stereocenters. The smallest absolute Gasteiger partial charge is 0.305 e. The van der Waals surface area contributed by atoms with Gasteiger partial charge in [0.05, 0.1) is 25.4 Å². The molecule has 0 saturated carbocycles. The first-order chi connectivity index (χ1) is 13.3. The first-order valence-electron chi connectivity index (χ1n) is 10.1. The van der Waals surface area contributed by atoms with Crippen molar-refractivity contribution in [2.24, 2.45) is 11.8 Å². The highest BCUT2D eigenvalue weighted by Crippen LogP contribution is 2.32. The van der Waals surface area contributed by atoms with Gasteiger partial charge in [0.1, 0.15) is 0 Å². The van der Waals surface area contributed by atoms with Crippen molar-refractivity contribution in [2.75, 3.05) is 13.4 Å². The third kappa shape index (κ3) is 9.64. The molecular weight excluding hydrogens is 380 g/mol. The number of hydrogen-bond donors (Lipinski definition) is 0. The van der Waals surface area contributed by atoms with Gasteiger partial charge >= 0.3 is 5.97 Å². The van der Waals surface area contributed by atoms with Crippen LogP contribution in [0.2, 0.25) is 0 Å². The van der Waals surface area contributed by atoms with Crippen LogP contribution in [0.3, 0.4) is 0 Å². The molecule has 6 nitrogen and oxygen atoms in total. The van der Waals surface area contributed by atoms with Crippen molar-refractivity contribution in [3.63, 3.8) is 0 Å². The van der Waals surface area contributed by atoms with Crippen LogP contribution < -0.4 is 0 Å². The molecule has 0 fully saturated rings. The zero-order valence-corrected chi connectivity index (χ0v) is 18.1. The van der Waals surface area contributed by atoms with E-state index in [-0.39, 0.29) is 17.7 Å². The molecule has 1 aliphatic rings. The summed E-state index contributed by atoms with van der Waals surface area (Å²) in [6.07, 6.45) is 15.0. The molecule has 160 valence electrons. The number of ether oxygens (including phenoxy) is 1. The molecule has 0 bridgehead atoms. The van der Waals surface area contributed by atoms with Crippen LogP contribution in [0.5, 0.6) is 0 Å². The topological polar surface area (TPSA) is 86.7 Å². The van der Waals surface area contributed by atoms with Crippen molar-refractivity contribution in [3.8, 4) is 0 Å². The fourth-order valence-electron chi connectivity index (χ4n) is 3.41. The molecule has 1 rings (SSSR count). The number of rotatable bonds is 14. The second-order valence-electron chi connectivity index (χ2n) is 7.30. The maximum Gasteiger partial charge on any atom is 0.305 e. The predicted octanol–water partition coefficient (Wildman–Crippen LogP) is 3.96. The van der Waals surface area contributed by atoms with E-state index < -0.39 is 22.1 Å². The van der Waals surface area contributed by atoms with Gasteiger partial charge in [-0.05, 0) is 31.8 Å². The maximum absolute atomic E-state index is 12.4. The van der Waals surface area contributed by atoms with Gasteiger partial charge in [-0.1, -0.05) is 50.8 Å². The number of allylic oxidation sites excluding steroid dienone is 4. The molecule has 0 saturated heterocycles. The van der Waals surface area contributed by atoms with Crippen molar-refractivity contribution in [1.29, 1.82) is 0 Å². The van der Waals surface area contributed by atoms with E-state index >= 15 is 0 Å². The Kier molecular flexibility index (Phi) is 11.3. The Morgan fingerprint density at radius 3 is 2.61 bits per heavy atom. The van der Waals surface area contributed by atoms with Crippen molar-refractivity contribution in [1.82, 2.24) is 0 Å². The largest absolute Gasteiger partial charge is 0.469 e. The summed E-state index contributed by atoms with van der Waals surface area (Å²) in [7, 11) is -2.32. The lowest BCUT2D eigenvalue weighted by Crippen LogP contribution is -2.33. The van der Waals surface area contributed by atoms with Gasteiger partial charge in [0.2, 0.25) is 0 Å². The van der Waals surface area contributed by atoms with Crippen LogP contribution in [0.1, 0.15) is 64.7 Å². The number of hydrogen-bond acceptors (Lipinski definition) is 6. The Morgan fingerprint density at radius 1 is 1.21 bits per heavy atom. The third-order valence-corrected chi connectivity index (χ3v) is 5.45. The zero-order valence-electron chi connectivity index (χ0n) is 17.3. The average Bonchev–Trinajstić information content (AvgIpc) is 2.99. The van der Waals surface area contributed by atoms with Crippen LogP contribution in [-0.4, -0.2) is 39.6 Å². The molecule has 0 spiro atoms. The van der Waals surface area contributed by atoms with Gasteiger partial charge < -0.3 is 4.74 Å². The second kappa shape index (κ2) is 12.9. The maximum atomic E-state index is 12.4. The summed E-state index contributed by atoms with van der Waals surface area (Å²) >= 11 is 0. The summed E-state index contributed by atoms with van der Waals surface area (Å²) < 4.78 is 33.4. The molecular formula is C21H34O6S. The Hall–Kier alpha value is -1.47. The molecule has 0 aliphatic heterocycles. The Bertz CT molecular complexity index is 650. The van der Waals surface area contributed by atoms with Crippen LogP contribution >= 0.6 is 0 Å². The van der Waals surface area contributed by atoms with Crippen LogP contribution in [0.4, 0.5) is 0 Å². The summed E-state index contributed by atoms with van der Waals surface area (Å²) in [5.41, 5.74) is 0. The van der Waals surface area contributed by atoms with Gasteiger partial charge in [0.25, 0.3) is 10.1 Å². The number of methoxy groups -OCH3 is 1. The highest BCUT2D eigenvalue weighted by Gasteiger charge is 2.37. The van der Waals surface area contributed by atoms with E-state index in [0.717, 1.165) is 31.9 Å². The van der Waals surface area contributed by atoms with Crippen LogP contribution in [-0.2, 0) is 28.6 Å². The first-order valence-corrected chi connectivity index (χ1v) is 11.9. The van der Waals surface area contributed by atoms with E-state index in [0.29, 0.717) is 25.7 Å². The van der Waals surface area contributed by atoms with Gasteiger partial charge in [0.15, 0.2) is 5.78 Å². The van der Waals surface area contributed by atoms with Crippen LogP contribution in [0.15, 0.2) is 24.3 Å². The summed E-state index contributed by atoms with van der Waals surface area (Å²) in [4.78, 5) is 23.6. The fraction of sp³-hybridized carbons (Fsp3) is 0.714. The molecule has 0 N–H and O–H groups in total. The number of unbranched alkanes of at least 4 members (excludes halogenated alkanes) is 5. The molecule has 7 heteroatoms. The Labute approximate surface area is 169 Å². The Morgan fingerprint density at radius 2 is 1.96 bits per heavy atom. The van der Waals surface area contributed by atoms with Crippen molar-refractivity contribution >= 4 is 21.9 Å². The van der Waals surface area contributed by atoms with Crippen LogP contribution in [0.25, 0.3) is 0 Å². The molecule has 0 aromatic heterocycles. The minimum Gasteiger partial charge on any atom is -0.469 e. The van der Waals surface area contributed by atoms with E-state index in [4.69, 9.17) is 4.18 Å². The minimum atomic E-state index is -3.68. The molecule has 0 radical (unpaired) electrons. The lowest BCUT2D eigenvalue weighted by Gasteiger charge is -2.25. The molecule has 28 heavy (non-hydrogen) atoms. The monoisotopic (exact) mass is 414 g/mol. The van der Waals surface area contributed by atoms with Crippen LogP contribution in [0, 0.1) is 11.8 Å². The summed E-state index contributed by atoms with van der Waals surface area (Å²) in [5.74, 6) is -1.01. The van der Waals surface area contributed by atoms with Gasteiger partial charge in [-0.2, -0.15) is 8.42 Å². The fourth-order valence-corrected chi connectivity index (χ4v) is 4.08. The van der Waals surface area contributed by atoms with Crippen molar-refractivity contribution < 1.29 is 26.9 Å². The lowest BCUT2D eigenvalue weighted by molar-refractivity contribution is -0.140. The lowest BCUT2D eigenvalue weighted by atomic mass is 9.86. The highest BCUT2D eigenvalue weighted by molar-refractivity contribution is 7.86. The first kappa shape index (κ1) is 24.6. The SMILES string of the molecule is CCCCC/C=C/[C@H]1C=CC(=O)[C@@H]1[C@H](CCCCCC(=O)OC)OS(C)(=O)=O. The van der Waals surface area contributed by atoms with E-state index in [1.807, 2.05) is 12.2 Å². The average molecular weight is 415 g/mol. The van der Waals surface area contributed by atoms with Gasteiger partial charge in [-0.3, -0.25) is 13.8 Å². The minimum absolute atomic E-state index is 0.0913. The standard InChI is InChI=1S/C21H34O6S/c1-4-5-6-7-9-12-17-15-16-18(22)21(17)19(27-28(3,24)25)13-10-8-11-14-20(23)26-2/h9,12,15-17,19,21H,4-8,10-11,13-14H2,1-3H3/b12-9+/t17-,19-,21+/m0/s1. The third-order valence-electron chi connectivity index (χ3n) is 4.85. The van der Waals surface area contributed by atoms with Gasteiger partial charge in [-0.25, -0.2) is 0 Å². The summed E-state index contributed by atoms with van der Waals surface area (Å²) in [5, 5.41) is 0.